The van der Waals surface area contributed by atoms with Crippen LogP contribution in [0.4, 0.5) is 5.69 Å². The summed E-state index contributed by atoms with van der Waals surface area (Å²) in [5.74, 6) is -0.368. The Labute approximate surface area is 127 Å². The SMILES string of the molecule is O=C(Nc1cccc(Cn2ccnc2)c1)c1ccccc1O. The molecule has 1 heterocycles. The maximum atomic E-state index is 12.2. The third-order valence-electron chi connectivity index (χ3n) is 3.26. The first-order valence-electron chi connectivity index (χ1n) is 6.86. The third-order valence-corrected chi connectivity index (χ3v) is 3.26. The fourth-order valence-electron chi connectivity index (χ4n) is 2.20. The maximum absolute atomic E-state index is 12.2. The van der Waals surface area contributed by atoms with Crippen molar-refractivity contribution in [1.82, 2.24) is 9.55 Å². The minimum absolute atomic E-state index is 0.0328. The minimum atomic E-state index is -0.335. The lowest BCUT2D eigenvalue weighted by Crippen LogP contribution is -2.12. The molecule has 0 fully saturated rings. The molecule has 1 amide bonds. The average Bonchev–Trinajstić information content (AvgIpc) is 3.01. The van der Waals surface area contributed by atoms with E-state index in [1.54, 1.807) is 30.7 Å². The number of carbonyl (C=O) groups is 1. The van der Waals surface area contributed by atoms with Crippen LogP contribution in [0.2, 0.25) is 0 Å². The topological polar surface area (TPSA) is 67.2 Å². The number of benzene rings is 2. The summed E-state index contributed by atoms with van der Waals surface area (Å²) in [5.41, 5.74) is 1.99. The fraction of sp³-hybridized carbons (Fsp3) is 0.0588. The van der Waals surface area contributed by atoms with Crippen molar-refractivity contribution in [2.45, 2.75) is 6.54 Å². The van der Waals surface area contributed by atoms with Gasteiger partial charge < -0.3 is 15.0 Å². The summed E-state index contributed by atoms with van der Waals surface area (Å²) in [6.07, 6.45) is 5.35. The number of imidazole rings is 1. The van der Waals surface area contributed by atoms with Crippen LogP contribution in [0.1, 0.15) is 15.9 Å². The summed E-state index contributed by atoms with van der Waals surface area (Å²) in [7, 11) is 0. The number of phenols is 1. The van der Waals surface area contributed by atoms with Gasteiger partial charge in [-0.15, -0.1) is 0 Å². The maximum Gasteiger partial charge on any atom is 0.259 e. The number of phenolic OH excluding ortho intramolecular Hbond substituents is 1. The van der Waals surface area contributed by atoms with Crippen molar-refractivity contribution < 1.29 is 9.90 Å². The molecule has 3 aromatic rings. The highest BCUT2D eigenvalue weighted by Crippen LogP contribution is 2.18. The van der Waals surface area contributed by atoms with Gasteiger partial charge in [0.05, 0.1) is 11.9 Å². The summed E-state index contributed by atoms with van der Waals surface area (Å²) < 4.78 is 1.95. The number of aromatic nitrogens is 2. The lowest BCUT2D eigenvalue weighted by Gasteiger charge is -2.09. The van der Waals surface area contributed by atoms with E-state index in [2.05, 4.69) is 10.3 Å². The van der Waals surface area contributed by atoms with E-state index in [9.17, 15) is 9.90 Å². The van der Waals surface area contributed by atoms with Crippen LogP contribution in [-0.4, -0.2) is 20.6 Å². The Morgan fingerprint density at radius 1 is 1.18 bits per heavy atom. The molecule has 0 spiro atoms. The molecule has 5 heteroatoms. The van der Waals surface area contributed by atoms with E-state index in [-0.39, 0.29) is 17.2 Å². The molecule has 3 rings (SSSR count). The van der Waals surface area contributed by atoms with E-state index >= 15 is 0 Å². The lowest BCUT2D eigenvalue weighted by atomic mass is 10.1. The van der Waals surface area contributed by atoms with Crippen molar-refractivity contribution in [1.29, 1.82) is 0 Å². The van der Waals surface area contributed by atoms with E-state index in [0.29, 0.717) is 12.2 Å². The predicted molar refractivity (Wildman–Crippen MR) is 83.8 cm³/mol. The molecule has 22 heavy (non-hydrogen) atoms. The van der Waals surface area contributed by atoms with E-state index in [4.69, 9.17) is 0 Å². The average molecular weight is 293 g/mol. The molecule has 0 aliphatic heterocycles. The van der Waals surface area contributed by atoms with Crippen molar-refractivity contribution >= 4 is 11.6 Å². The van der Waals surface area contributed by atoms with Crippen molar-refractivity contribution in [2.75, 3.05) is 5.32 Å². The van der Waals surface area contributed by atoms with Crippen LogP contribution in [0, 0.1) is 0 Å². The van der Waals surface area contributed by atoms with Crippen LogP contribution in [0.3, 0.4) is 0 Å². The summed E-state index contributed by atoms with van der Waals surface area (Å²) in [4.78, 5) is 16.2. The Balaban J connectivity index is 1.75. The fourth-order valence-corrected chi connectivity index (χ4v) is 2.20. The molecule has 0 aliphatic carbocycles. The molecule has 110 valence electrons. The van der Waals surface area contributed by atoms with Crippen LogP contribution in [-0.2, 0) is 6.54 Å². The highest BCUT2D eigenvalue weighted by atomic mass is 16.3. The molecular weight excluding hydrogens is 278 g/mol. The minimum Gasteiger partial charge on any atom is -0.507 e. The standard InChI is InChI=1S/C17H15N3O2/c21-16-7-2-1-6-15(16)17(22)19-14-5-3-4-13(10-14)11-20-9-8-18-12-20/h1-10,12,21H,11H2,(H,19,22). The second-order valence-electron chi connectivity index (χ2n) is 4.91. The number of nitrogens with zero attached hydrogens (tertiary/aromatic N) is 2. The quantitative estimate of drug-likeness (QED) is 0.777. The van der Waals surface area contributed by atoms with Crippen molar-refractivity contribution in [3.05, 3.63) is 78.4 Å². The molecule has 2 N–H and O–H groups in total. The molecule has 0 saturated heterocycles. The van der Waals surface area contributed by atoms with Gasteiger partial charge in [0.25, 0.3) is 5.91 Å². The zero-order valence-electron chi connectivity index (χ0n) is 11.8. The van der Waals surface area contributed by atoms with E-state index in [1.807, 2.05) is 35.0 Å². The Kier molecular flexibility index (Phi) is 3.87. The van der Waals surface area contributed by atoms with Crippen LogP contribution in [0.25, 0.3) is 0 Å². The molecule has 0 atom stereocenters. The zero-order chi connectivity index (χ0) is 15.4. The van der Waals surface area contributed by atoms with Gasteiger partial charge in [-0.25, -0.2) is 4.98 Å². The van der Waals surface area contributed by atoms with Gasteiger partial charge in [-0.2, -0.15) is 0 Å². The number of amides is 1. The van der Waals surface area contributed by atoms with Crippen molar-refractivity contribution in [3.63, 3.8) is 0 Å². The lowest BCUT2D eigenvalue weighted by molar-refractivity contribution is 0.102. The highest BCUT2D eigenvalue weighted by molar-refractivity contribution is 6.06. The molecule has 0 saturated carbocycles. The summed E-state index contributed by atoms with van der Waals surface area (Å²) in [6, 6.07) is 14.0. The molecule has 1 aromatic heterocycles. The van der Waals surface area contributed by atoms with Crippen LogP contribution in [0.5, 0.6) is 5.75 Å². The third kappa shape index (κ3) is 3.15. The van der Waals surface area contributed by atoms with E-state index < -0.39 is 0 Å². The van der Waals surface area contributed by atoms with Gasteiger partial charge >= 0.3 is 0 Å². The largest absolute Gasteiger partial charge is 0.507 e. The number of para-hydroxylation sites is 1. The first kappa shape index (κ1) is 13.9. The second kappa shape index (κ2) is 6.13. The van der Waals surface area contributed by atoms with Gasteiger partial charge in [-0.05, 0) is 29.8 Å². The first-order chi connectivity index (χ1) is 10.7. The molecule has 0 bridgehead atoms. The number of rotatable bonds is 4. The number of carbonyl (C=O) groups excluding carboxylic acids is 1. The van der Waals surface area contributed by atoms with Crippen LogP contribution >= 0.6 is 0 Å². The van der Waals surface area contributed by atoms with Crippen molar-refractivity contribution in [2.24, 2.45) is 0 Å². The van der Waals surface area contributed by atoms with Gasteiger partial charge in [0.15, 0.2) is 0 Å². The summed E-state index contributed by atoms with van der Waals surface area (Å²) in [5, 5.41) is 12.5. The smallest absolute Gasteiger partial charge is 0.259 e. The number of hydrogen-bond donors (Lipinski definition) is 2. The summed E-state index contributed by atoms with van der Waals surface area (Å²) in [6.45, 7) is 0.681. The van der Waals surface area contributed by atoms with Gasteiger partial charge in [-0.3, -0.25) is 4.79 Å². The molecule has 0 unspecified atom stereocenters. The number of nitrogens with one attached hydrogen (secondary N) is 1. The van der Waals surface area contributed by atoms with Crippen LogP contribution < -0.4 is 5.32 Å². The first-order valence-corrected chi connectivity index (χ1v) is 6.86. The van der Waals surface area contributed by atoms with Gasteiger partial charge in [-0.1, -0.05) is 24.3 Å². The molecule has 2 aromatic carbocycles. The monoisotopic (exact) mass is 293 g/mol. The molecule has 5 nitrogen and oxygen atoms in total. The van der Waals surface area contributed by atoms with E-state index in [1.165, 1.54) is 6.07 Å². The predicted octanol–water partition coefficient (Wildman–Crippen LogP) is 2.89. The van der Waals surface area contributed by atoms with Crippen molar-refractivity contribution in [3.8, 4) is 5.75 Å². The van der Waals surface area contributed by atoms with Gasteiger partial charge in [0.1, 0.15) is 5.75 Å². The molecule has 0 radical (unpaired) electrons. The Hall–Kier alpha value is -3.08. The Morgan fingerprint density at radius 3 is 2.82 bits per heavy atom. The Bertz CT molecular complexity index is 782. The van der Waals surface area contributed by atoms with Gasteiger partial charge in [0.2, 0.25) is 0 Å². The zero-order valence-corrected chi connectivity index (χ0v) is 11.8. The highest BCUT2D eigenvalue weighted by Gasteiger charge is 2.10. The van der Waals surface area contributed by atoms with Crippen LogP contribution in [0.15, 0.2) is 67.3 Å². The number of anilines is 1. The van der Waals surface area contributed by atoms with E-state index in [0.717, 1.165) is 5.56 Å². The van der Waals surface area contributed by atoms with Gasteiger partial charge in [0, 0.05) is 24.6 Å². The number of hydrogen-bond acceptors (Lipinski definition) is 3. The molecular formula is C17H15N3O2. The second-order valence-corrected chi connectivity index (χ2v) is 4.91. The Morgan fingerprint density at radius 2 is 2.05 bits per heavy atom. The molecule has 0 aliphatic rings. The summed E-state index contributed by atoms with van der Waals surface area (Å²) >= 11 is 0. The number of aromatic hydroxyl groups is 1. The normalized spacial score (nSPS) is 10.4.